The van der Waals surface area contributed by atoms with Crippen LogP contribution >= 0.6 is 0 Å². The first-order chi connectivity index (χ1) is 9.63. The summed E-state index contributed by atoms with van der Waals surface area (Å²) in [6.07, 6.45) is 3.68. The molecule has 1 fully saturated rings. The number of benzene rings is 1. The Labute approximate surface area is 122 Å². The van der Waals surface area contributed by atoms with Gasteiger partial charge in [0, 0.05) is 12.6 Å². The van der Waals surface area contributed by atoms with E-state index >= 15 is 0 Å². The van der Waals surface area contributed by atoms with E-state index in [0.717, 1.165) is 13.0 Å². The van der Waals surface area contributed by atoms with Gasteiger partial charge in [-0.05, 0) is 69.4 Å². The molecule has 1 aromatic carbocycles. The van der Waals surface area contributed by atoms with E-state index in [2.05, 4.69) is 24.1 Å². The molecule has 2 nitrogen and oxygen atoms in total. The van der Waals surface area contributed by atoms with E-state index in [1.54, 1.807) is 0 Å². The minimum Gasteiger partial charge on any atom is -0.314 e. The molecule has 3 heteroatoms. The Morgan fingerprint density at radius 3 is 2.45 bits per heavy atom. The van der Waals surface area contributed by atoms with Crippen molar-refractivity contribution in [2.75, 3.05) is 26.2 Å². The first kappa shape index (κ1) is 15.5. The lowest BCUT2D eigenvalue weighted by Crippen LogP contribution is -2.36. The van der Waals surface area contributed by atoms with Crippen LogP contribution in [0.3, 0.4) is 0 Å². The Kier molecular flexibility index (Phi) is 5.99. The van der Waals surface area contributed by atoms with Crippen molar-refractivity contribution in [3.8, 4) is 0 Å². The molecule has 0 amide bonds. The van der Waals surface area contributed by atoms with E-state index in [9.17, 15) is 4.39 Å². The van der Waals surface area contributed by atoms with Crippen LogP contribution in [0.1, 0.15) is 32.3 Å². The minimum atomic E-state index is -0.159. The normalized spacial score (nSPS) is 19.1. The van der Waals surface area contributed by atoms with Gasteiger partial charge in [-0.2, -0.15) is 0 Å². The molecule has 0 bridgehead atoms. The zero-order valence-electron chi connectivity index (χ0n) is 12.7. The number of hydrogen-bond donors (Lipinski definition) is 1. The maximum Gasteiger partial charge on any atom is 0.123 e. The van der Waals surface area contributed by atoms with Crippen molar-refractivity contribution < 1.29 is 4.39 Å². The van der Waals surface area contributed by atoms with Gasteiger partial charge >= 0.3 is 0 Å². The molecule has 2 unspecified atom stereocenters. The molecule has 1 aliphatic heterocycles. The van der Waals surface area contributed by atoms with Crippen LogP contribution in [0.5, 0.6) is 0 Å². The Morgan fingerprint density at radius 2 is 1.80 bits per heavy atom. The summed E-state index contributed by atoms with van der Waals surface area (Å²) >= 11 is 0. The molecule has 1 aromatic rings. The van der Waals surface area contributed by atoms with E-state index in [0.29, 0.717) is 12.0 Å². The zero-order valence-corrected chi connectivity index (χ0v) is 12.7. The van der Waals surface area contributed by atoms with Crippen LogP contribution in [0.2, 0.25) is 0 Å². The number of hydrogen-bond acceptors (Lipinski definition) is 2. The standard InChI is InChI=1S/C17H27FN2/c1-14(13-20-9-3-4-10-20)12-19-15(2)11-16-5-7-17(18)8-6-16/h5-8,14-15,19H,3-4,9-13H2,1-2H3. The van der Waals surface area contributed by atoms with Gasteiger partial charge in [0.15, 0.2) is 0 Å². The molecular weight excluding hydrogens is 251 g/mol. The van der Waals surface area contributed by atoms with Crippen molar-refractivity contribution in [2.45, 2.75) is 39.2 Å². The Hall–Kier alpha value is -0.930. The summed E-state index contributed by atoms with van der Waals surface area (Å²) < 4.78 is 12.9. The molecule has 0 radical (unpaired) electrons. The summed E-state index contributed by atoms with van der Waals surface area (Å²) in [6, 6.07) is 7.26. The van der Waals surface area contributed by atoms with Gasteiger partial charge in [0.2, 0.25) is 0 Å². The highest BCUT2D eigenvalue weighted by Gasteiger charge is 2.15. The summed E-state index contributed by atoms with van der Waals surface area (Å²) in [5.74, 6) is 0.525. The SMILES string of the molecule is CC(CNC(C)Cc1ccc(F)cc1)CN1CCCC1. The number of halogens is 1. The van der Waals surface area contributed by atoms with Crippen LogP contribution in [0, 0.1) is 11.7 Å². The predicted molar refractivity (Wildman–Crippen MR) is 82.4 cm³/mol. The second-order valence-electron chi connectivity index (χ2n) is 6.25. The second kappa shape index (κ2) is 7.75. The van der Waals surface area contributed by atoms with Gasteiger partial charge in [0.05, 0.1) is 0 Å². The first-order valence-corrected chi connectivity index (χ1v) is 7.83. The molecule has 2 rings (SSSR count). The summed E-state index contributed by atoms with van der Waals surface area (Å²) in [7, 11) is 0. The molecule has 0 saturated carbocycles. The van der Waals surface area contributed by atoms with Crippen molar-refractivity contribution in [3.05, 3.63) is 35.6 Å². The van der Waals surface area contributed by atoms with E-state index < -0.39 is 0 Å². The monoisotopic (exact) mass is 278 g/mol. The highest BCUT2D eigenvalue weighted by Crippen LogP contribution is 2.10. The number of nitrogens with one attached hydrogen (secondary N) is 1. The van der Waals surface area contributed by atoms with Crippen LogP contribution in [0.4, 0.5) is 4.39 Å². The molecule has 1 heterocycles. The summed E-state index contributed by atoms with van der Waals surface area (Å²) in [5, 5.41) is 3.60. The van der Waals surface area contributed by atoms with E-state index in [1.807, 2.05) is 12.1 Å². The van der Waals surface area contributed by atoms with Gasteiger partial charge in [0.1, 0.15) is 5.82 Å². The van der Waals surface area contributed by atoms with Crippen molar-refractivity contribution in [1.29, 1.82) is 0 Å². The van der Waals surface area contributed by atoms with Gasteiger partial charge in [-0.3, -0.25) is 0 Å². The third-order valence-electron chi connectivity index (χ3n) is 4.04. The smallest absolute Gasteiger partial charge is 0.123 e. The first-order valence-electron chi connectivity index (χ1n) is 7.83. The van der Waals surface area contributed by atoms with Crippen molar-refractivity contribution in [1.82, 2.24) is 10.2 Å². The van der Waals surface area contributed by atoms with Gasteiger partial charge in [0.25, 0.3) is 0 Å². The number of likely N-dealkylation sites (tertiary alicyclic amines) is 1. The van der Waals surface area contributed by atoms with Crippen LogP contribution in [-0.4, -0.2) is 37.1 Å². The maximum absolute atomic E-state index is 12.9. The number of nitrogens with zero attached hydrogens (tertiary/aromatic N) is 1. The third kappa shape index (κ3) is 5.22. The van der Waals surface area contributed by atoms with E-state index in [-0.39, 0.29) is 5.82 Å². The Bertz CT molecular complexity index is 384. The lowest BCUT2D eigenvalue weighted by molar-refractivity contribution is 0.278. The fraction of sp³-hybridized carbons (Fsp3) is 0.647. The van der Waals surface area contributed by atoms with Gasteiger partial charge < -0.3 is 10.2 Å². The van der Waals surface area contributed by atoms with Crippen molar-refractivity contribution >= 4 is 0 Å². The fourth-order valence-electron chi connectivity index (χ4n) is 2.92. The van der Waals surface area contributed by atoms with Gasteiger partial charge in [-0.15, -0.1) is 0 Å². The molecule has 1 aliphatic rings. The topological polar surface area (TPSA) is 15.3 Å². The molecule has 112 valence electrons. The Balaban J connectivity index is 1.66. The van der Waals surface area contributed by atoms with Crippen LogP contribution in [-0.2, 0) is 6.42 Å². The molecule has 20 heavy (non-hydrogen) atoms. The zero-order chi connectivity index (χ0) is 14.4. The molecular formula is C17H27FN2. The third-order valence-corrected chi connectivity index (χ3v) is 4.04. The van der Waals surface area contributed by atoms with Crippen LogP contribution < -0.4 is 5.32 Å². The minimum absolute atomic E-state index is 0.159. The predicted octanol–water partition coefficient (Wildman–Crippen LogP) is 3.08. The quantitative estimate of drug-likeness (QED) is 0.824. The number of rotatable bonds is 7. The molecule has 0 aromatic heterocycles. The maximum atomic E-state index is 12.9. The lowest BCUT2D eigenvalue weighted by atomic mass is 10.1. The summed E-state index contributed by atoms with van der Waals surface area (Å²) in [5.41, 5.74) is 1.19. The molecule has 2 atom stereocenters. The van der Waals surface area contributed by atoms with Crippen molar-refractivity contribution in [3.63, 3.8) is 0 Å². The van der Waals surface area contributed by atoms with Crippen LogP contribution in [0.25, 0.3) is 0 Å². The lowest BCUT2D eigenvalue weighted by Gasteiger charge is -2.22. The molecule has 0 aliphatic carbocycles. The molecule has 1 N–H and O–H groups in total. The van der Waals surface area contributed by atoms with Gasteiger partial charge in [-0.25, -0.2) is 4.39 Å². The second-order valence-corrected chi connectivity index (χ2v) is 6.25. The highest BCUT2D eigenvalue weighted by molar-refractivity contribution is 5.16. The summed E-state index contributed by atoms with van der Waals surface area (Å²) in [4.78, 5) is 2.57. The molecule has 1 saturated heterocycles. The van der Waals surface area contributed by atoms with Gasteiger partial charge in [-0.1, -0.05) is 19.1 Å². The van der Waals surface area contributed by atoms with E-state index in [4.69, 9.17) is 0 Å². The average Bonchev–Trinajstić information content (AvgIpc) is 2.92. The van der Waals surface area contributed by atoms with Crippen LogP contribution in [0.15, 0.2) is 24.3 Å². The largest absolute Gasteiger partial charge is 0.314 e. The summed E-state index contributed by atoms with van der Waals surface area (Å²) in [6.45, 7) is 9.32. The Morgan fingerprint density at radius 1 is 1.15 bits per heavy atom. The average molecular weight is 278 g/mol. The van der Waals surface area contributed by atoms with E-state index in [1.165, 1.54) is 50.2 Å². The molecule has 0 spiro atoms. The van der Waals surface area contributed by atoms with Crippen molar-refractivity contribution in [2.24, 2.45) is 5.92 Å². The fourth-order valence-corrected chi connectivity index (χ4v) is 2.92. The highest BCUT2D eigenvalue weighted by atomic mass is 19.1.